The number of carbonyl (C=O) groups excluding carboxylic acids is 2. The van der Waals surface area contributed by atoms with E-state index in [2.05, 4.69) is 20.8 Å². The normalized spacial score (nSPS) is 51.0. The standard InChI is InChI=1S/C20H28O2/c1-11-8-13-9-14(21)4-5-15(13)18-12(2)10-20(3)16(19(11)18)6-7-17(20)22/h9,11-12,15-16,18-19H,4-8,10H2,1-3H3/t11-,12+,15?,16?,18?,19?,20+/m1/s1. The molecular weight excluding hydrogens is 272 g/mol. The first-order valence-electron chi connectivity index (χ1n) is 9.18. The van der Waals surface area contributed by atoms with Gasteiger partial charge in [-0.3, -0.25) is 9.59 Å². The largest absolute Gasteiger partial charge is 0.299 e. The number of Topliss-reactive ketones (excluding diaryl/α,β-unsaturated/α-hetero) is 1. The van der Waals surface area contributed by atoms with Gasteiger partial charge < -0.3 is 0 Å². The lowest BCUT2D eigenvalue weighted by atomic mass is 9.47. The second kappa shape index (κ2) is 4.79. The molecule has 0 N–H and O–H groups in total. The summed E-state index contributed by atoms with van der Waals surface area (Å²) in [5, 5.41) is 0. The molecule has 0 heterocycles. The molecule has 0 spiro atoms. The van der Waals surface area contributed by atoms with Crippen molar-refractivity contribution in [3.05, 3.63) is 11.6 Å². The molecule has 3 saturated carbocycles. The van der Waals surface area contributed by atoms with Crippen LogP contribution in [0, 0.1) is 40.9 Å². The molecule has 0 aromatic carbocycles. The molecule has 2 nitrogen and oxygen atoms in total. The second-order valence-electron chi connectivity index (χ2n) is 8.83. The number of carbonyl (C=O) groups is 2. The molecule has 0 bridgehead atoms. The zero-order valence-corrected chi connectivity index (χ0v) is 14.1. The lowest BCUT2D eigenvalue weighted by molar-refractivity contribution is -0.136. The van der Waals surface area contributed by atoms with E-state index in [1.54, 1.807) is 0 Å². The molecule has 7 atom stereocenters. The van der Waals surface area contributed by atoms with Crippen molar-refractivity contribution < 1.29 is 9.59 Å². The molecule has 0 amide bonds. The van der Waals surface area contributed by atoms with E-state index in [1.165, 1.54) is 5.57 Å². The van der Waals surface area contributed by atoms with Gasteiger partial charge in [-0.15, -0.1) is 0 Å². The van der Waals surface area contributed by atoms with Crippen LogP contribution in [0.15, 0.2) is 11.6 Å². The third-order valence-corrected chi connectivity index (χ3v) is 7.65. The number of hydrogen-bond acceptors (Lipinski definition) is 2. The third kappa shape index (κ3) is 1.85. The number of allylic oxidation sites excluding steroid dienone is 1. The number of hydrogen-bond donors (Lipinski definition) is 0. The molecule has 4 rings (SSSR count). The highest BCUT2D eigenvalue weighted by Gasteiger charge is 2.59. The molecule has 4 aliphatic rings. The fourth-order valence-electron chi connectivity index (χ4n) is 6.90. The number of fused-ring (bicyclic) bond motifs is 5. The maximum atomic E-state index is 12.5. The highest BCUT2D eigenvalue weighted by atomic mass is 16.1. The molecule has 0 aliphatic heterocycles. The zero-order chi connectivity index (χ0) is 15.6. The van der Waals surface area contributed by atoms with Crippen LogP contribution in [0.4, 0.5) is 0 Å². The Morgan fingerprint density at radius 3 is 2.59 bits per heavy atom. The molecule has 4 aliphatic carbocycles. The first kappa shape index (κ1) is 14.7. The van der Waals surface area contributed by atoms with Gasteiger partial charge in [0.15, 0.2) is 5.78 Å². The van der Waals surface area contributed by atoms with Crippen LogP contribution in [0.1, 0.15) is 59.3 Å². The molecule has 0 saturated heterocycles. The van der Waals surface area contributed by atoms with Gasteiger partial charge in [-0.1, -0.05) is 26.3 Å². The van der Waals surface area contributed by atoms with Gasteiger partial charge in [0.2, 0.25) is 0 Å². The fourth-order valence-corrected chi connectivity index (χ4v) is 6.90. The van der Waals surface area contributed by atoms with Crippen LogP contribution in [0.25, 0.3) is 0 Å². The van der Waals surface area contributed by atoms with Crippen molar-refractivity contribution in [1.82, 2.24) is 0 Å². The van der Waals surface area contributed by atoms with Crippen LogP contribution in [-0.2, 0) is 9.59 Å². The molecule has 0 radical (unpaired) electrons. The van der Waals surface area contributed by atoms with E-state index in [4.69, 9.17) is 0 Å². The highest BCUT2D eigenvalue weighted by molar-refractivity contribution is 5.91. The van der Waals surface area contributed by atoms with Crippen molar-refractivity contribution in [1.29, 1.82) is 0 Å². The van der Waals surface area contributed by atoms with Crippen LogP contribution in [0.3, 0.4) is 0 Å². The molecule has 3 fully saturated rings. The average Bonchev–Trinajstić information content (AvgIpc) is 2.74. The van der Waals surface area contributed by atoms with Gasteiger partial charge in [0.25, 0.3) is 0 Å². The minimum Gasteiger partial charge on any atom is -0.299 e. The van der Waals surface area contributed by atoms with E-state index < -0.39 is 0 Å². The monoisotopic (exact) mass is 300 g/mol. The SMILES string of the molecule is C[C@@H]1CC2=CC(=O)CCC2C2C1C1CCC(=O)[C@@]1(C)C[C@@H]2C. The zero-order valence-electron chi connectivity index (χ0n) is 14.1. The first-order chi connectivity index (χ1) is 10.4. The van der Waals surface area contributed by atoms with Crippen LogP contribution < -0.4 is 0 Å². The minimum atomic E-state index is -0.0550. The summed E-state index contributed by atoms with van der Waals surface area (Å²) in [7, 11) is 0. The topological polar surface area (TPSA) is 34.1 Å². The maximum Gasteiger partial charge on any atom is 0.155 e. The van der Waals surface area contributed by atoms with Crippen molar-refractivity contribution in [2.75, 3.05) is 0 Å². The third-order valence-electron chi connectivity index (χ3n) is 7.65. The summed E-state index contributed by atoms with van der Waals surface area (Å²) in [6, 6.07) is 0. The Morgan fingerprint density at radius 2 is 1.82 bits per heavy atom. The summed E-state index contributed by atoms with van der Waals surface area (Å²) in [5.74, 6) is 4.69. The molecular formula is C20H28O2. The van der Waals surface area contributed by atoms with E-state index in [-0.39, 0.29) is 5.41 Å². The van der Waals surface area contributed by atoms with Crippen molar-refractivity contribution in [3.63, 3.8) is 0 Å². The highest BCUT2D eigenvalue weighted by Crippen LogP contribution is 2.63. The Hall–Kier alpha value is -0.920. The molecule has 120 valence electrons. The fraction of sp³-hybridized carbons (Fsp3) is 0.800. The van der Waals surface area contributed by atoms with Crippen LogP contribution >= 0.6 is 0 Å². The summed E-state index contributed by atoms with van der Waals surface area (Å²) >= 11 is 0. The predicted molar refractivity (Wildman–Crippen MR) is 86.2 cm³/mol. The number of rotatable bonds is 0. The van der Waals surface area contributed by atoms with Crippen molar-refractivity contribution in [3.8, 4) is 0 Å². The van der Waals surface area contributed by atoms with Crippen LogP contribution in [0.5, 0.6) is 0 Å². The Kier molecular flexibility index (Phi) is 3.19. The average molecular weight is 300 g/mol. The molecule has 0 aromatic heterocycles. The Morgan fingerprint density at radius 1 is 1.05 bits per heavy atom. The van der Waals surface area contributed by atoms with Crippen LogP contribution in [-0.4, -0.2) is 11.6 Å². The minimum absolute atomic E-state index is 0.0550. The second-order valence-corrected chi connectivity index (χ2v) is 8.83. The summed E-state index contributed by atoms with van der Waals surface area (Å²) in [5.41, 5.74) is 1.38. The summed E-state index contributed by atoms with van der Waals surface area (Å²) in [6.45, 7) is 6.99. The smallest absolute Gasteiger partial charge is 0.155 e. The molecule has 2 heteroatoms. The summed E-state index contributed by atoms with van der Waals surface area (Å²) in [4.78, 5) is 24.3. The van der Waals surface area contributed by atoms with Gasteiger partial charge in [-0.05, 0) is 67.3 Å². The number of ketones is 2. The lowest BCUT2D eigenvalue weighted by Crippen LogP contribution is -2.52. The summed E-state index contributed by atoms with van der Waals surface area (Å²) in [6.07, 6.45) is 7.84. The van der Waals surface area contributed by atoms with E-state index in [9.17, 15) is 9.59 Å². The summed E-state index contributed by atoms with van der Waals surface area (Å²) < 4.78 is 0. The van der Waals surface area contributed by atoms with Crippen molar-refractivity contribution in [2.24, 2.45) is 40.9 Å². The predicted octanol–water partition coefficient (Wildman–Crippen LogP) is 4.19. The van der Waals surface area contributed by atoms with Gasteiger partial charge in [-0.25, -0.2) is 0 Å². The Balaban J connectivity index is 1.74. The van der Waals surface area contributed by atoms with Crippen molar-refractivity contribution >= 4 is 11.6 Å². The van der Waals surface area contributed by atoms with E-state index >= 15 is 0 Å². The van der Waals surface area contributed by atoms with Gasteiger partial charge >= 0.3 is 0 Å². The lowest BCUT2D eigenvalue weighted by Gasteiger charge is -2.57. The van der Waals surface area contributed by atoms with Crippen molar-refractivity contribution in [2.45, 2.75) is 59.3 Å². The Bertz CT molecular complexity index is 560. The van der Waals surface area contributed by atoms with E-state index in [0.29, 0.717) is 47.1 Å². The molecule has 0 aromatic rings. The van der Waals surface area contributed by atoms with Gasteiger partial charge in [0, 0.05) is 18.3 Å². The molecule has 22 heavy (non-hydrogen) atoms. The van der Waals surface area contributed by atoms with Gasteiger partial charge in [-0.2, -0.15) is 0 Å². The van der Waals surface area contributed by atoms with Gasteiger partial charge in [0.1, 0.15) is 5.78 Å². The van der Waals surface area contributed by atoms with Crippen LogP contribution in [0.2, 0.25) is 0 Å². The maximum absolute atomic E-state index is 12.5. The van der Waals surface area contributed by atoms with E-state index in [1.807, 2.05) is 6.08 Å². The first-order valence-corrected chi connectivity index (χ1v) is 9.18. The van der Waals surface area contributed by atoms with E-state index in [0.717, 1.165) is 38.5 Å². The molecule has 4 unspecified atom stereocenters. The van der Waals surface area contributed by atoms with Gasteiger partial charge in [0.05, 0.1) is 0 Å². The quantitative estimate of drug-likeness (QED) is 0.672. The Labute approximate surface area is 133 Å².